The van der Waals surface area contributed by atoms with Gasteiger partial charge in [0.15, 0.2) is 17.3 Å². The molecule has 0 aromatic heterocycles. The van der Waals surface area contributed by atoms with Crippen LogP contribution in [0.25, 0.3) is 0 Å². The maximum Gasteiger partial charge on any atom is 0.254 e. The molecular weight excluding hydrogens is 532 g/mol. The normalized spacial score (nSPS) is 18.2. The number of para-hydroxylation sites is 2. The van der Waals surface area contributed by atoms with E-state index < -0.39 is 5.92 Å². The number of nitrogens with one attached hydrogen (secondary N) is 2. The van der Waals surface area contributed by atoms with Gasteiger partial charge >= 0.3 is 0 Å². The summed E-state index contributed by atoms with van der Waals surface area (Å²) in [5.41, 5.74) is 4.96. The molecule has 0 saturated heterocycles. The zero-order valence-electron chi connectivity index (χ0n) is 24.6. The van der Waals surface area contributed by atoms with Gasteiger partial charge in [0, 0.05) is 34.9 Å². The summed E-state index contributed by atoms with van der Waals surface area (Å²) < 4.78 is 22.2. The van der Waals surface area contributed by atoms with Crippen molar-refractivity contribution in [3.8, 4) is 23.0 Å². The molecule has 8 heteroatoms. The van der Waals surface area contributed by atoms with Crippen LogP contribution < -0.4 is 29.6 Å². The molecule has 0 saturated carbocycles. The summed E-state index contributed by atoms with van der Waals surface area (Å²) >= 11 is 0. The van der Waals surface area contributed by atoms with Crippen molar-refractivity contribution in [2.75, 3.05) is 33.3 Å². The van der Waals surface area contributed by atoms with Crippen molar-refractivity contribution in [2.45, 2.75) is 38.5 Å². The Balaban J connectivity index is 1.57. The van der Waals surface area contributed by atoms with E-state index >= 15 is 0 Å². The van der Waals surface area contributed by atoms with E-state index in [0.29, 0.717) is 65.0 Å². The lowest BCUT2D eigenvalue weighted by Crippen LogP contribution is -2.37. The zero-order valence-corrected chi connectivity index (χ0v) is 24.6. The Morgan fingerprint density at radius 3 is 2.38 bits per heavy atom. The van der Waals surface area contributed by atoms with Gasteiger partial charge in [-0.25, -0.2) is 0 Å². The summed E-state index contributed by atoms with van der Waals surface area (Å²) in [5.74, 6) is 1.54. The maximum absolute atomic E-state index is 14.1. The average molecular weight is 569 g/mol. The summed E-state index contributed by atoms with van der Waals surface area (Å²) in [6.07, 6.45) is 0.912. The first-order valence-corrected chi connectivity index (χ1v) is 14.0. The van der Waals surface area contributed by atoms with Crippen molar-refractivity contribution in [3.63, 3.8) is 0 Å². The molecule has 0 unspecified atom stereocenters. The third-order valence-corrected chi connectivity index (χ3v) is 7.81. The summed E-state index contributed by atoms with van der Waals surface area (Å²) in [6.45, 7) is 4.31. The lowest BCUT2D eigenvalue weighted by atomic mass is 9.71. The number of hydrogen-bond acceptors (Lipinski definition) is 7. The van der Waals surface area contributed by atoms with Crippen LogP contribution in [0.4, 0.5) is 5.69 Å². The van der Waals surface area contributed by atoms with E-state index in [2.05, 4.69) is 10.6 Å². The number of hydrogen-bond donors (Lipinski definition) is 2. The molecule has 3 aromatic carbocycles. The Labute approximate surface area is 246 Å². The first-order valence-electron chi connectivity index (χ1n) is 14.0. The van der Waals surface area contributed by atoms with Crippen LogP contribution in [0.3, 0.4) is 0 Å². The number of ether oxygens (including phenoxy) is 4. The summed E-state index contributed by atoms with van der Waals surface area (Å²) in [7, 11) is 4.76. The van der Waals surface area contributed by atoms with E-state index in [1.165, 1.54) is 0 Å². The van der Waals surface area contributed by atoms with Crippen molar-refractivity contribution in [1.82, 2.24) is 5.32 Å². The number of dihydropyridines is 1. The molecule has 1 heterocycles. The molecule has 218 valence electrons. The third kappa shape index (κ3) is 5.57. The largest absolute Gasteiger partial charge is 0.495 e. The minimum atomic E-state index is -0.574. The molecule has 1 aliphatic heterocycles. The van der Waals surface area contributed by atoms with Crippen molar-refractivity contribution in [2.24, 2.45) is 0 Å². The minimum Gasteiger partial charge on any atom is -0.495 e. The molecule has 3 aromatic rings. The van der Waals surface area contributed by atoms with Gasteiger partial charge in [-0.2, -0.15) is 0 Å². The molecule has 8 nitrogen and oxygen atoms in total. The molecule has 2 N–H and O–H groups in total. The number of anilines is 1. The highest BCUT2D eigenvalue weighted by molar-refractivity contribution is 6.10. The van der Waals surface area contributed by atoms with Crippen LogP contribution in [-0.4, -0.2) is 39.6 Å². The molecular formula is C34H36N2O6. The van der Waals surface area contributed by atoms with Gasteiger partial charge in [0.1, 0.15) is 11.5 Å². The lowest BCUT2D eigenvalue weighted by molar-refractivity contribution is -0.116. The molecule has 0 spiro atoms. The number of allylic oxidation sites excluding steroid dienone is 3. The number of rotatable bonds is 9. The quantitative estimate of drug-likeness (QED) is 0.322. The van der Waals surface area contributed by atoms with Crippen LogP contribution in [0.1, 0.15) is 49.7 Å². The lowest BCUT2D eigenvalue weighted by Gasteiger charge is -2.37. The Bertz CT molecular complexity index is 1570. The van der Waals surface area contributed by atoms with Crippen LogP contribution in [0.5, 0.6) is 23.0 Å². The second-order valence-corrected chi connectivity index (χ2v) is 10.3. The van der Waals surface area contributed by atoms with Crippen molar-refractivity contribution in [3.05, 3.63) is 100 Å². The summed E-state index contributed by atoms with van der Waals surface area (Å²) in [5, 5.41) is 6.46. The molecule has 1 aliphatic carbocycles. The number of amides is 1. The van der Waals surface area contributed by atoms with E-state index in [-0.39, 0.29) is 17.6 Å². The third-order valence-electron chi connectivity index (χ3n) is 7.81. The fourth-order valence-electron chi connectivity index (χ4n) is 5.90. The van der Waals surface area contributed by atoms with Crippen molar-refractivity contribution >= 4 is 17.4 Å². The molecule has 1 amide bonds. The predicted octanol–water partition coefficient (Wildman–Crippen LogP) is 6.11. The van der Waals surface area contributed by atoms with E-state index in [1.54, 1.807) is 33.5 Å². The van der Waals surface area contributed by atoms with Gasteiger partial charge in [0.25, 0.3) is 5.91 Å². The topological polar surface area (TPSA) is 95.1 Å². The van der Waals surface area contributed by atoms with E-state index in [0.717, 1.165) is 16.8 Å². The molecule has 0 fully saturated rings. The van der Waals surface area contributed by atoms with E-state index in [4.69, 9.17) is 18.9 Å². The second kappa shape index (κ2) is 12.4. The number of Topliss-reactive ketones (excluding diaryl/α,β-unsaturated/α-hetero) is 1. The molecule has 5 rings (SSSR count). The predicted molar refractivity (Wildman–Crippen MR) is 161 cm³/mol. The number of carbonyl (C=O) groups excluding carboxylic acids is 2. The molecule has 0 radical (unpaired) electrons. The maximum atomic E-state index is 14.1. The number of methoxy groups -OCH3 is 3. The van der Waals surface area contributed by atoms with Gasteiger partial charge in [-0.1, -0.05) is 30.3 Å². The van der Waals surface area contributed by atoms with E-state index in [9.17, 15) is 9.59 Å². The van der Waals surface area contributed by atoms with Crippen LogP contribution in [0, 0.1) is 0 Å². The number of ketones is 1. The van der Waals surface area contributed by atoms with Gasteiger partial charge in [-0.05, 0) is 73.7 Å². The van der Waals surface area contributed by atoms with Crippen LogP contribution in [0.15, 0.2) is 89.3 Å². The SMILES string of the molecule is CCOc1cccc([C@@H]2C(C(=O)Nc3ccccc3OC)=C(C)NC3=C2C(=O)C[C@@H](c2ccc(OC)c(OC)c2)C3)c1. The average Bonchev–Trinajstić information content (AvgIpc) is 3.00. The van der Waals surface area contributed by atoms with Crippen LogP contribution in [0.2, 0.25) is 0 Å². The highest BCUT2D eigenvalue weighted by atomic mass is 16.5. The molecule has 2 aliphatic rings. The Morgan fingerprint density at radius 2 is 1.64 bits per heavy atom. The van der Waals surface area contributed by atoms with Gasteiger partial charge < -0.3 is 29.6 Å². The fraction of sp³-hybridized carbons (Fsp3) is 0.294. The van der Waals surface area contributed by atoms with Gasteiger partial charge in [0.2, 0.25) is 0 Å². The van der Waals surface area contributed by atoms with Crippen LogP contribution in [-0.2, 0) is 9.59 Å². The fourth-order valence-corrected chi connectivity index (χ4v) is 5.90. The monoisotopic (exact) mass is 568 g/mol. The van der Waals surface area contributed by atoms with Gasteiger partial charge in [-0.3, -0.25) is 9.59 Å². The zero-order chi connectivity index (χ0) is 29.8. The number of carbonyl (C=O) groups is 2. The first-order chi connectivity index (χ1) is 20.4. The summed E-state index contributed by atoms with van der Waals surface area (Å²) in [4.78, 5) is 28.0. The first kappa shape index (κ1) is 28.8. The van der Waals surface area contributed by atoms with Crippen molar-refractivity contribution in [1.29, 1.82) is 0 Å². The second-order valence-electron chi connectivity index (χ2n) is 10.3. The Kier molecular flexibility index (Phi) is 8.52. The van der Waals surface area contributed by atoms with Gasteiger partial charge in [-0.15, -0.1) is 0 Å². The summed E-state index contributed by atoms with van der Waals surface area (Å²) in [6, 6.07) is 20.7. The smallest absolute Gasteiger partial charge is 0.254 e. The van der Waals surface area contributed by atoms with Gasteiger partial charge in [0.05, 0.1) is 33.6 Å². The highest BCUT2D eigenvalue weighted by Gasteiger charge is 2.41. The Hall–Kier alpha value is -4.72. The van der Waals surface area contributed by atoms with Crippen molar-refractivity contribution < 1.29 is 28.5 Å². The van der Waals surface area contributed by atoms with E-state index in [1.807, 2.05) is 68.4 Å². The van der Waals surface area contributed by atoms with Crippen LogP contribution >= 0.6 is 0 Å². The Morgan fingerprint density at radius 1 is 0.881 bits per heavy atom. The minimum absolute atomic E-state index is 0.00885. The number of benzene rings is 3. The highest BCUT2D eigenvalue weighted by Crippen LogP contribution is 2.47. The molecule has 2 atom stereocenters. The molecule has 42 heavy (non-hydrogen) atoms. The molecule has 0 bridgehead atoms. The standard InChI is InChI=1S/C34H36N2O6/c1-6-42-24-11-9-10-22(16-24)32-31(34(38)36-25-12-7-8-13-28(25)39-3)20(2)35-26-17-23(18-27(37)33(26)32)21-14-15-29(40-4)30(19-21)41-5/h7-16,19,23,32,35H,6,17-18H2,1-5H3,(H,36,38)/t23-,32+/m0/s1.